The van der Waals surface area contributed by atoms with Crippen LogP contribution in [0, 0.1) is 5.92 Å². The highest BCUT2D eigenvalue weighted by molar-refractivity contribution is 5.98. The molecular weight excluding hydrogens is 424 g/mol. The van der Waals surface area contributed by atoms with E-state index < -0.39 is 5.97 Å². The van der Waals surface area contributed by atoms with Crippen molar-refractivity contribution in [1.29, 1.82) is 0 Å². The van der Waals surface area contributed by atoms with E-state index in [1.54, 1.807) is 6.07 Å². The number of likely N-dealkylation sites (tertiary alicyclic amines) is 1. The molecule has 2 unspecified atom stereocenters. The molecule has 1 aliphatic carbocycles. The minimum atomic E-state index is -0.861. The van der Waals surface area contributed by atoms with Gasteiger partial charge in [0.2, 0.25) is 0 Å². The third-order valence-electron chi connectivity index (χ3n) is 8.55. The normalized spacial score (nSPS) is 22.9. The van der Waals surface area contributed by atoms with Gasteiger partial charge in [-0.3, -0.25) is 4.90 Å². The summed E-state index contributed by atoms with van der Waals surface area (Å²) < 4.78 is 2.48. The highest BCUT2D eigenvalue weighted by Gasteiger charge is 2.40. The third kappa shape index (κ3) is 3.48. The van der Waals surface area contributed by atoms with E-state index in [2.05, 4.69) is 39.8 Å². The van der Waals surface area contributed by atoms with E-state index in [0.29, 0.717) is 23.4 Å². The summed E-state index contributed by atoms with van der Waals surface area (Å²) in [5.41, 5.74) is 6.95. The zero-order valence-electron chi connectivity index (χ0n) is 19.7. The number of hydrogen-bond acceptors (Lipinski definition) is 3. The number of aromatic nitrogens is 1. The third-order valence-corrected chi connectivity index (χ3v) is 8.55. The van der Waals surface area contributed by atoms with Crippen LogP contribution in [0.1, 0.15) is 78.4 Å². The number of aromatic carboxylic acids is 1. The monoisotopic (exact) mass is 458 g/mol. The molecule has 1 saturated heterocycles. The van der Waals surface area contributed by atoms with Crippen molar-refractivity contribution in [2.75, 3.05) is 19.7 Å². The second kappa shape index (κ2) is 8.86. The smallest absolute Gasteiger partial charge is 0.335 e. The molecule has 1 saturated carbocycles. The van der Waals surface area contributed by atoms with Gasteiger partial charge < -0.3 is 14.8 Å². The van der Waals surface area contributed by atoms with Gasteiger partial charge in [0.1, 0.15) is 0 Å². The average molecular weight is 459 g/mol. The Bertz CT molecular complexity index is 1220. The zero-order chi connectivity index (χ0) is 23.2. The Kier molecular flexibility index (Phi) is 5.70. The summed E-state index contributed by atoms with van der Waals surface area (Å²) in [6.07, 6.45) is 8.21. The van der Waals surface area contributed by atoms with Crippen molar-refractivity contribution in [1.82, 2.24) is 9.47 Å². The van der Waals surface area contributed by atoms with Crippen LogP contribution in [0.2, 0.25) is 0 Å². The quantitative estimate of drug-likeness (QED) is 0.506. The Hall–Kier alpha value is -2.63. The highest BCUT2D eigenvalue weighted by atomic mass is 16.4. The summed E-state index contributed by atoms with van der Waals surface area (Å²) in [6, 6.07) is 15.0. The molecule has 0 spiro atoms. The van der Waals surface area contributed by atoms with Crippen LogP contribution in [-0.2, 0) is 6.54 Å². The van der Waals surface area contributed by atoms with E-state index in [-0.39, 0.29) is 6.61 Å². The largest absolute Gasteiger partial charge is 0.478 e. The summed E-state index contributed by atoms with van der Waals surface area (Å²) in [5, 5.41) is 20.5. The van der Waals surface area contributed by atoms with Gasteiger partial charge in [0, 0.05) is 42.2 Å². The first-order chi connectivity index (χ1) is 16.7. The summed E-state index contributed by atoms with van der Waals surface area (Å²) in [4.78, 5) is 14.4. The number of rotatable bonds is 5. The van der Waals surface area contributed by atoms with E-state index in [4.69, 9.17) is 0 Å². The zero-order valence-corrected chi connectivity index (χ0v) is 19.7. The van der Waals surface area contributed by atoms with Gasteiger partial charge in [-0.1, -0.05) is 49.6 Å². The average Bonchev–Trinajstić information content (AvgIpc) is 3.37. The van der Waals surface area contributed by atoms with Gasteiger partial charge in [0.25, 0.3) is 0 Å². The van der Waals surface area contributed by atoms with E-state index in [1.807, 2.05) is 6.07 Å². The maximum atomic E-state index is 11.9. The molecule has 2 aliphatic heterocycles. The van der Waals surface area contributed by atoms with Gasteiger partial charge in [0.15, 0.2) is 0 Å². The standard InChI is InChI=1S/C29H34N2O3/c32-16-6-14-30-15-13-21-18-31-25-17-20(29(33)34)11-12-24(25)26(19-7-2-1-3-8-19)28(31)23-10-5-4-9-22(23)27(21)30/h4-5,9-12,17,19,21,27,32H,1-3,6-8,13-16,18H2,(H,33,34). The van der Waals surface area contributed by atoms with Gasteiger partial charge in [-0.2, -0.15) is 0 Å². The molecule has 2 fully saturated rings. The van der Waals surface area contributed by atoms with Gasteiger partial charge in [-0.25, -0.2) is 4.79 Å². The number of fused-ring (bicyclic) bond motifs is 7. The molecule has 178 valence electrons. The van der Waals surface area contributed by atoms with Gasteiger partial charge in [0.05, 0.1) is 11.3 Å². The van der Waals surface area contributed by atoms with Crippen LogP contribution in [0.5, 0.6) is 0 Å². The first-order valence-electron chi connectivity index (χ1n) is 13.0. The molecule has 34 heavy (non-hydrogen) atoms. The highest BCUT2D eigenvalue weighted by Crippen LogP contribution is 2.51. The fraction of sp³-hybridized carbons (Fsp3) is 0.483. The molecule has 2 atom stereocenters. The lowest BCUT2D eigenvalue weighted by Gasteiger charge is -2.29. The van der Waals surface area contributed by atoms with Crippen molar-refractivity contribution in [2.45, 2.75) is 63.5 Å². The Morgan fingerprint density at radius 1 is 1.03 bits per heavy atom. The maximum Gasteiger partial charge on any atom is 0.335 e. The lowest BCUT2D eigenvalue weighted by molar-refractivity contribution is 0.0697. The van der Waals surface area contributed by atoms with Crippen molar-refractivity contribution < 1.29 is 15.0 Å². The number of carbonyl (C=O) groups is 1. The first-order valence-corrected chi connectivity index (χ1v) is 13.0. The molecule has 5 nitrogen and oxygen atoms in total. The van der Waals surface area contributed by atoms with Crippen LogP contribution >= 0.6 is 0 Å². The predicted molar refractivity (Wildman–Crippen MR) is 134 cm³/mol. The number of aliphatic hydroxyl groups excluding tert-OH is 1. The summed E-state index contributed by atoms with van der Waals surface area (Å²) in [6.45, 7) is 3.11. The van der Waals surface area contributed by atoms with Crippen molar-refractivity contribution in [3.05, 3.63) is 59.2 Å². The fourth-order valence-electron chi connectivity index (χ4n) is 7.09. The molecule has 2 aromatic carbocycles. The topological polar surface area (TPSA) is 65.7 Å². The summed E-state index contributed by atoms with van der Waals surface area (Å²) >= 11 is 0. The Morgan fingerprint density at radius 2 is 1.85 bits per heavy atom. The van der Waals surface area contributed by atoms with Crippen molar-refractivity contribution in [3.63, 3.8) is 0 Å². The molecule has 2 N–H and O–H groups in total. The van der Waals surface area contributed by atoms with Crippen LogP contribution in [-0.4, -0.2) is 45.3 Å². The number of hydrogen-bond donors (Lipinski definition) is 2. The second-order valence-electron chi connectivity index (χ2n) is 10.4. The SMILES string of the molecule is O=C(O)c1ccc2c(C3CCCCC3)c3n(c2c1)CC1CCN(CCCO)C1c1ccccc1-3. The molecule has 1 aromatic heterocycles. The first kappa shape index (κ1) is 21.9. The molecule has 6 rings (SSSR count). The van der Waals surface area contributed by atoms with E-state index in [9.17, 15) is 15.0 Å². The number of aliphatic hydroxyl groups is 1. The number of nitrogens with zero attached hydrogens (tertiary/aromatic N) is 2. The van der Waals surface area contributed by atoms with Crippen LogP contribution in [0.25, 0.3) is 22.2 Å². The van der Waals surface area contributed by atoms with E-state index in [0.717, 1.165) is 38.0 Å². The van der Waals surface area contributed by atoms with Crippen molar-refractivity contribution in [2.24, 2.45) is 5.92 Å². The Balaban J connectivity index is 1.60. The lowest BCUT2D eigenvalue weighted by atomic mass is 9.81. The fourth-order valence-corrected chi connectivity index (χ4v) is 7.09. The molecule has 3 aliphatic rings. The number of carboxylic acids is 1. The molecule has 3 heterocycles. The minimum Gasteiger partial charge on any atom is -0.478 e. The Morgan fingerprint density at radius 3 is 2.65 bits per heavy atom. The molecule has 3 aromatic rings. The summed E-state index contributed by atoms with van der Waals surface area (Å²) in [7, 11) is 0. The summed E-state index contributed by atoms with van der Waals surface area (Å²) in [5.74, 6) is 0.142. The van der Waals surface area contributed by atoms with Crippen molar-refractivity contribution >= 4 is 16.9 Å². The molecule has 0 amide bonds. The van der Waals surface area contributed by atoms with Crippen LogP contribution in [0.15, 0.2) is 42.5 Å². The van der Waals surface area contributed by atoms with Gasteiger partial charge in [-0.15, -0.1) is 0 Å². The maximum absolute atomic E-state index is 11.9. The van der Waals surface area contributed by atoms with Crippen LogP contribution in [0.4, 0.5) is 0 Å². The number of benzene rings is 2. The molecule has 0 radical (unpaired) electrons. The number of carboxylic acid groups (broad SMARTS) is 1. The Labute approximate surface area is 201 Å². The van der Waals surface area contributed by atoms with E-state index in [1.165, 1.54) is 59.9 Å². The molecule has 0 bridgehead atoms. The van der Waals surface area contributed by atoms with Crippen molar-refractivity contribution in [3.8, 4) is 11.3 Å². The molecule has 5 heteroatoms. The molecular formula is C29H34N2O3. The van der Waals surface area contributed by atoms with Crippen LogP contribution in [0.3, 0.4) is 0 Å². The predicted octanol–water partition coefficient (Wildman–Crippen LogP) is 5.81. The van der Waals surface area contributed by atoms with Gasteiger partial charge in [-0.05, 0) is 67.3 Å². The van der Waals surface area contributed by atoms with E-state index >= 15 is 0 Å². The minimum absolute atomic E-state index is 0.226. The van der Waals surface area contributed by atoms with Crippen LogP contribution < -0.4 is 0 Å². The lowest BCUT2D eigenvalue weighted by Crippen LogP contribution is -2.28. The van der Waals surface area contributed by atoms with Gasteiger partial charge >= 0.3 is 5.97 Å². The second-order valence-corrected chi connectivity index (χ2v) is 10.4.